The lowest BCUT2D eigenvalue weighted by Gasteiger charge is -2.12. The smallest absolute Gasteiger partial charge is 0.345 e. The number of nitrogens with one attached hydrogen (secondary N) is 2. The monoisotopic (exact) mass is 597 g/mol. The first kappa shape index (κ1) is 28.6. The van der Waals surface area contributed by atoms with Crippen molar-refractivity contribution in [3.8, 4) is 11.5 Å². The standard InChI is InChI=1S/C28H21Cl2N3O6S/c1-38-26-16-18(10-15-25(26)39-28(35)21-6-2-4-8-23(21)30)17-31-32-27(34)22-7-3-5-9-24(22)33-40(36,37)20-13-11-19(29)12-14-20/h2-17,33H,1H3,(H,32,34)/b31-17+. The average molecular weight is 598 g/mol. The summed E-state index contributed by atoms with van der Waals surface area (Å²) in [4.78, 5) is 25.3. The van der Waals surface area contributed by atoms with E-state index in [0.717, 1.165) is 0 Å². The lowest BCUT2D eigenvalue weighted by Crippen LogP contribution is -2.21. The molecule has 1 amide bonds. The van der Waals surface area contributed by atoms with Crippen LogP contribution in [0.15, 0.2) is 101 Å². The molecule has 4 rings (SSSR count). The minimum Gasteiger partial charge on any atom is -0.493 e. The van der Waals surface area contributed by atoms with Gasteiger partial charge >= 0.3 is 5.97 Å². The molecule has 2 N–H and O–H groups in total. The molecule has 0 spiro atoms. The number of anilines is 1. The molecular weight excluding hydrogens is 577 g/mol. The Bertz CT molecular complexity index is 1690. The summed E-state index contributed by atoms with van der Waals surface area (Å²) in [5.41, 5.74) is 3.21. The van der Waals surface area contributed by atoms with Gasteiger partial charge in [-0.2, -0.15) is 5.10 Å². The minimum atomic E-state index is -3.97. The fraction of sp³-hybridized carbons (Fsp3) is 0.0357. The number of carbonyl (C=O) groups excluding carboxylic acids is 2. The van der Waals surface area contributed by atoms with Crippen LogP contribution >= 0.6 is 23.2 Å². The van der Waals surface area contributed by atoms with Crippen LogP contribution in [-0.4, -0.2) is 33.6 Å². The summed E-state index contributed by atoms with van der Waals surface area (Å²) in [6, 6.07) is 22.9. The average Bonchev–Trinajstić information content (AvgIpc) is 2.94. The van der Waals surface area contributed by atoms with E-state index in [1.807, 2.05) is 0 Å². The van der Waals surface area contributed by atoms with E-state index in [2.05, 4.69) is 15.2 Å². The van der Waals surface area contributed by atoms with Crippen molar-refractivity contribution in [2.45, 2.75) is 4.90 Å². The van der Waals surface area contributed by atoms with Crippen LogP contribution in [-0.2, 0) is 10.0 Å². The van der Waals surface area contributed by atoms with Gasteiger partial charge < -0.3 is 9.47 Å². The number of nitrogens with zero attached hydrogens (tertiary/aromatic N) is 1. The topological polar surface area (TPSA) is 123 Å². The molecule has 0 unspecified atom stereocenters. The quantitative estimate of drug-likeness (QED) is 0.109. The van der Waals surface area contributed by atoms with Crippen molar-refractivity contribution in [1.82, 2.24) is 5.43 Å². The first-order valence-electron chi connectivity index (χ1n) is 11.5. The first-order chi connectivity index (χ1) is 19.2. The number of para-hydroxylation sites is 1. The van der Waals surface area contributed by atoms with Gasteiger partial charge in [0.25, 0.3) is 15.9 Å². The largest absolute Gasteiger partial charge is 0.493 e. The van der Waals surface area contributed by atoms with E-state index in [9.17, 15) is 18.0 Å². The van der Waals surface area contributed by atoms with E-state index < -0.39 is 21.9 Å². The van der Waals surface area contributed by atoms with E-state index in [1.54, 1.807) is 48.5 Å². The van der Waals surface area contributed by atoms with E-state index >= 15 is 0 Å². The number of benzene rings is 4. The normalized spacial score (nSPS) is 11.2. The van der Waals surface area contributed by atoms with Gasteiger partial charge in [-0.1, -0.05) is 47.5 Å². The highest BCUT2D eigenvalue weighted by atomic mass is 35.5. The number of amides is 1. The predicted molar refractivity (Wildman–Crippen MR) is 153 cm³/mol. The number of rotatable bonds is 9. The van der Waals surface area contributed by atoms with Crippen molar-refractivity contribution < 1.29 is 27.5 Å². The maximum Gasteiger partial charge on any atom is 0.345 e. The Morgan fingerprint density at radius 1 is 0.850 bits per heavy atom. The van der Waals surface area contributed by atoms with Crippen molar-refractivity contribution in [3.63, 3.8) is 0 Å². The number of halogens is 2. The summed E-state index contributed by atoms with van der Waals surface area (Å²) in [6.45, 7) is 0. The second kappa shape index (κ2) is 12.6. The molecule has 0 aliphatic rings. The Balaban J connectivity index is 1.45. The van der Waals surface area contributed by atoms with Crippen molar-refractivity contribution in [3.05, 3.63) is 118 Å². The molecule has 0 saturated heterocycles. The molecular formula is C28H21Cl2N3O6S. The fourth-order valence-corrected chi connectivity index (χ4v) is 4.86. The molecule has 0 heterocycles. The molecule has 12 heteroatoms. The van der Waals surface area contributed by atoms with Gasteiger partial charge in [-0.05, 0) is 72.3 Å². The minimum absolute atomic E-state index is 0.0138. The lowest BCUT2D eigenvalue weighted by molar-refractivity contribution is 0.0729. The molecule has 0 saturated carbocycles. The highest BCUT2D eigenvalue weighted by molar-refractivity contribution is 7.92. The van der Waals surface area contributed by atoms with Crippen LogP contribution in [0.25, 0.3) is 0 Å². The summed E-state index contributed by atoms with van der Waals surface area (Å²) in [6.07, 6.45) is 1.35. The molecule has 0 bridgehead atoms. The Hall–Kier alpha value is -4.38. The lowest BCUT2D eigenvalue weighted by atomic mass is 10.2. The molecule has 0 aromatic heterocycles. The molecule has 9 nitrogen and oxygen atoms in total. The van der Waals surface area contributed by atoms with Gasteiger partial charge in [0.1, 0.15) is 0 Å². The van der Waals surface area contributed by atoms with E-state index in [4.69, 9.17) is 32.7 Å². The summed E-state index contributed by atoms with van der Waals surface area (Å²) >= 11 is 11.9. The fourth-order valence-electron chi connectivity index (χ4n) is 3.44. The maximum absolute atomic E-state index is 12.8. The number of hydrazone groups is 1. The van der Waals surface area contributed by atoms with Crippen LogP contribution in [0.3, 0.4) is 0 Å². The molecule has 4 aromatic rings. The number of hydrogen-bond donors (Lipinski definition) is 2. The van der Waals surface area contributed by atoms with E-state index in [1.165, 1.54) is 55.8 Å². The second-order valence-electron chi connectivity index (χ2n) is 8.08. The van der Waals surface area contributed by atoms with Gasteiger partial charge in [-0.3, -0.25) is 9.52 Å². The Labute approximate surface area is 240 Å². The van der Waals surface area contributed by atoms with Crippen LogP contribution in [0, 0.1) is 0 Å². The number of hydrogen-bond acceptors (Lipinski definition) is 7. The first-order valence-corrected chi connectivity index (χ1v) is 13.8. The summed E-state index contributed by atoms with van der Waals surface area (Å²) in [5.74, 6) is -0.890. The summed E-state index contributed by atoms with van der Waals surface area (Å²) in [5, 5.41) is 4.60. The van der Waals surface area contributed by atoms with Crippen molar-refractivity contribution in [1.29, 1.82) is 0 Å². The molecule has 0 aliphatic carbocycles. The number of methoxy groups -OCH3 is 1. The van der Waals surface area contributed by atoms with Gasteiger partial charge in [0.05, 0.1) is 40.1 Å². The summed E-state index contributed by atoms with van der Waals surface area (Å²) < 4.78 is 38.7. The van der Waals surface area contributed by atoms with E-state index in [-0.39, 0.29) is 38.2 Å². The number of ether oxygens (including phenoxy) is 2. The number of esters is 1. The van der Waals surface area contributed by atoms with Gasteiger partial charge in [0, 0.05) is 5.02 Å². The predicted octanol–water partition coefficient (Wildman–Crippen LogP) is 5.79. The second-order valence-corrected chi connectivity index (χ2v) is 10.6. The zero-order valence-electron chi connectivity index (χ0n) is 20.8. The Morgan fingerprint density at radius 3 is 2.23 bits per heavy atom. The van der Waals surface area contributed by atoms with Crippen LogP contribution < -0.4 is 19.6 Å². The van der Waals surface area contributed by atoms with Crippen molar-refractivity contribution in [2.24, 2.45) is 5.10 Å². The third-order valence-corrected chi connectivity index (χ3v) is 7.37. The van der Waals surface area contributed by atoms with E-state index in [0.29, 0.717) is 10.6 Å². The van der Waals surface area contributed by atoms with Crippen molar-refractivity contribution in [2.75, 3.05) is 11.8 Å². The maximum atomic E-state index is 12.8. The Morgan fingerprint density at radius 2 is 1.52 bits per heavy atom. The third-order valence-electron chi connectivity index (χ3n) is 5.40. The zero-order chi connectivity index (χ0) is 28.7. The molecule has 204 valence electrons. The van der Waals surface area contributed by atoms with Crippen LogP contribution in [0.4, 0.5) is 5.69 Å². The molecule has 0 radical (unpaired) electrons. The zero-order valence-corrected chi connectivity index (χ0v) is 23.1. The third kappa shape index (κ3) is 6.97. The molecule has 0 atom stereocenters. The number of carbonyl (C=O) groups is 2. The van der Waals surface area contributed by atoms with Gasteiger partial charge in [0.15, 0.2) is 11.5 Å². The van der Waals surface area contributed by atoms with Gasteiger partial charge in [-0.25, -0.2) is 18.6 Å². The highest BCUT2D eigenvalue weighted by Gasteiger charge is 2.19. The van der Waals surface area contributed by atoms with Crippen LogP contribution in [0.2, 0.25) is 10.0 Å². The molecule has 4 aromatic carbocycles. The highest BCUT2D eigenvalue weighted by Crippen LogP contribution is 2.29. The van der Waals surface area contributed by atoms with Crippen LogP contribution in [0.1, 0.15) is 26.3 Å². The van der Waals surface area contributed by atoms with Gasteiger partial charge in [-0.15, -0.1) is 0 Å². The van der Waals surface area contributed by atoms with Gasteiger partial charge in [0.2, 0.25) is 0 Å². The number of sulfonamides is 1. The van der Waals surface area contributed by atoms with Crippen LogP contribution in [0.5, 0.6) is 11.5 Å². The summed E-state index contributed by atoms with van der Waals surface area (Å²) in [7, 11) is -2.56. The molecule has 0 aliphatic heterocycles. The van der Waals surface area contributed by atoms with Crippen molar-refractivity contribution >= 4 is 57.0 Å². The molecule has 0 fully saturated rings. The SMILES string of the molecule is COc1cc(/C=N/NC(=O)c2ccccc2NS(=O)(=O)c2ccc(Cl)cc2)ccc1OC(=O)c1ccccc1Cl. The Kier molecular flexibility index (Phi) is 9.05. The molecule has 40 heavy (non-hydrogen) atoms.